The highest BCUT2D eigenvalue weighted by atomic mass is 35.5. The summed E-state index contributed by atoms with van der Waals surface area (Å²) in [4.78, 5) is 11.1. The van der Waals surface area contributed by atoms with Crippen LogP contribution >= 0.6 is 23.1 Å². The number of benzene rings is 2. The Labute approximate surface area is 203 Å². The van der Waals surface area contributed by atoms with Crippen molar-refractivity contribution in [2.24, 2.45) is 4.99 Å². The van der Waals surface area contributed by atoms with E-state index in [1.54, 1.807) is 0 Å². The van der Waals surface area contributed by atoms with Crippen LogP contribution in [0.15, 0.2) is 41.4 Å². The molecule has 3 aromatic rings. The molecule has 2 aromatic carbocycles. The first-order valence-electron chi connectivity index (χ1n) is 9.97. The quantitative estimate of drug-likeness (QED) is 0.261. The van der Waals surface area contributed by atoms with Crippen LogP contribution in [0.25, 0.3) is 0 Å². The fourth-order valence-corrected chi connectivity index (χ4v) is 3.18. The van der Waals surface area contributed by atoms with Gasteiger partial charge in [0.05, 0.1) is 18.3 Å². The molecule has 0 aliphatic heterocycles. The van der Waals surface area contributed by atoms with Crippen molar-refractivity contribution in [3.63, 3.8) is 0 Å². The topological polar surface area (TPSA) is 105 Å². The lowest BCUT2D eigenvalue weighted by atomic mass is 10.1. The second-order valence-electron chi connectivity index (χ2n) is 7.34. The van der Waals surface area contributed by atoms with Crippen LogP contribution < -0.4 is 4.74 Å². The van der Waals surface area contributed by atoms with Crippen molar-refractivity contribution in [1.82, 2.24) is 14.3 Å². The summed E-state index contributed by atoms with van der Waals surface area (Å²) in [5.41, 5.74) is 4.10. The van der Waals surface area contributed by atoms with Gasteiger partial charge in [0.1, 0.15) is 5.75 Å². The van der Waals surface area contributed by atoms with Gasteiger partial charge in [0, 0.05) is 36.6 Å². The Kier molecular flexibility index (Phi) is 9.78. The first-order chi connectivity index (χ1) is 15.4. The van der Waals surface area contributed by atoms with Crippen LogP contribution in [0.3, 0.4) is 0 Å². The fourth-order valence-electron chi connectivity index (χ4n) is 2.50. The summed E-state index contributed by atoms with van der Waals surface area (Å²) in [5, 5.41) is 1.26. The molecule has 0 aliphatic carbocycles. The molecule has 3 rings (SSSR count). The molecular weight excluding hydrogens is 484 g/mol. The number of halogens is 1. The van der Waals surface area contributed by atoms with Gasteiger partial charge < -0.3 is 9.64 Å². The molecule has 1 aromatic heterocycles. The molecule has 0 atom stereocenters. The summed E-state index contributed by atoms with van der Waals surface area (Å²) >= 11 is 7.19. The average molecular weight is 511 g/mol. The standard InChI is InChI=1S/C21H23ClN4OS.CH4O3S/c1-5-26(4)13-23-18-10-15(3)19(11-14(18)2)27-21-24-20(25-28-21)12-16-6-8-17(22)9-7-16;1-5(2,3)4/h6-11,13H,5,12H2,1-4H3;1H3,(H,2,3,4)/b23-13-;. The van der Waals surface area contributed by atoms with Crippen LogP contribution in [0.5, 0.6) is 10.9 Å². The first-order valence-corrected chi connectivity index (χ1v) is 13.0. The molecule has 8 nitrogen and oxygen atoms in total. The van der Waals surface area contributed by atoms with Gasteiger partial charge in [0.15, 0.2) is 5.82 Å². The van der Waals surface area contributed by atoms with E-state index >= 15 is 0 Å². The van der Waals surface area contributed by atoms with Gasteiger partial charge in [-0.25, -0.2) is 4.99 Å². The van der Waals surface area contributed by atoms with Gasteiger partial charge in [-0.05, 0) is 61.7 Å². The maximum Gasteiger partial charge on any atom is 0.298 e. The van der Waals surface area contributed by atoms with Crippen LogP contribution in [0.1, 0.15) is 29.4 Å². The molecule has 0 radical (unpaired) electrons. The van der Waals surface area contributed by atoms with Gasteiger partial charge >= 0.3 is 0 Å². The molecule has 0 fully saturated rings. The lowest BCUT2D eigenvalue weighted by molar-refractivity contribution is 0.473. The smallest absolute Gasteiger partial charge is 0.298 e. The highest BCUT2D eigenvalue weighted by Gasteiger charge is 2.11. The largest absolute Gasteiger partial charge is 0.430 e. The Morgan fingerprint density at radius 2 is 1.85 bits per heavy atom. The summed E-state index contributed by atoms with van der Waals surface area (Å²) in [5.74, 6) is 1.51. The average Bonchev–Trinajstić information content (AvgIpc) is 3.16. The van der Waals surface area contributed by atoms with Gasteiger partial charge in [-0.15, -0.1) is 0 Å². The van der Waals surface area contributed by atoms with E-state index in [0.717, 1.165) is 45.5 Å². The number of aliphatic imine (C=N–C) groups is 1. The molecule has 0 saturated heterocycles. The third kappa shape index (κ3) is 9.87. The number of hydrogen-bond acceptors (Lipinski definition) is 7. The molecular formula is C22H27ClN4O4S2. The van der Waals surface area contributed by atoms with E-state index in [1.165, 1.54) is 11.5 Å². The molecule has 0 saturated carbocycles. The van der Waals surface area contributed by atoms with E-state index in [9.17, 15) is 8.42 Å². The fraction of sp³-hybridized carbons (Fsp3) is 0.318. The summed E-state index contributed by atoms with van der Waals surface area (Å²) in [6.07, 6.45) is 3.21. The number of nitrogens with zero attached hydrogens (tertiary/aromatic N) is 4. The van der Waals surface area contributed by atoms with E-state index in [4.69, 9.17) is 20.9 Å². The van der Waals surface area contributed by atoms with Crippen molar-refractivity contribution >= 4 is 45.3 Å². The van der Waals surface area contributed by atoms with E-state index in [-0.39, 0.29) is 0 Å². The Bertz CT molecular complexity index is 1190. The number of rotatable bonds is 7. The predicted molar refractivity (Wildman–Crippen MR) is 134 cm³/mol. The minimum atomic E-state index is -3.67. The third-order valence-electron chi connectivity index (χ3n) is 4.31. The second-order valence-corrected chi connectivity index (χ2v) is 9.95. The van der Waals surface area contributed by atoms with Gasteiger partial charge in [0.25, 0.3) is 15.3 Å². The summed E-state index contributed by atoms with van der Waals surface area (Å²) in [6, 6.07) is 11.7. The van der Waals surface area contributed by atoms with E-state index in [1.807, 2.05) is 68.5 Å². The Balaban J connectivity index is 0.000000696. The van der Waals surface area contributed by atoms with E-state index in [2.05, 4.69) is 21.3 Å². The zero-order valence-corrected chi connectivity index (χ0v) is 21.5. The van der Waals surface area contributed by atoms with Crippen molar-refractivity contribution in [3.05, 3.63) is 63.9 Å². The highest BCUT2D eigenvalue weighted by molar-refractivity contribution is 7.85. The second kappa shape index (κ2) is 12.1. The van der Waals surface area contributed by atoms with E-state index in [0.29, 0.717) is 17.9 Å². The summed E-state index contributed by atoms with van der Waals surface area (Å²) < 4.78 is 36.3. The Morgan fingerprint density at radius 3 is 2.45 bits per heavy atom. The minimum absolute atomic E-state index is 0.536. The molecule has 1 N–H and O–H groups in total. The number of hydrogen-bond donors (Lipinski definition) is 1. The number of aryl methyl sites for hydroxylation is 2. The predicted octanol–water partition coefficient (Wildman–Crippen LogP) is 5.31. The molecule has 0 amide bonds. The lowest BCUT2D eigenvalue weighted by Crippen LogP contribution is -2.14. The zero-order chi connectivity index (χ0) is 24.6. The Morgan fingerprint density at radius 1 is 1.21 bits per heavy atom. The zero-order valence-electron chi connectivity index (χ0n) is 19.1. The van der Waals surface area contributed by atoms with Crippen molar-refractivity contribution in [2.75, 3.05) is 19.8 Å². The van der Waals surface area contributed by atoms with Crippen molar-refractivity contribution in [3.8, 4) is 10.9 Å². The van der Waals surface area contributed by atoms with E-state index < -0.39 is 10.1 Å². The molecule has 1 heterocycles. The van der Waals surface area contributed by atoms with Crippen molar-refractivity contribution in [2.45, 2.75) is 27.2 Å². The highest BCUT2D eigenvalue weighted by Crippen LogP contribution is 2.32. The lowest BCUT2D eigenvalue weighted by Gasteiger charge is -2.11. The van der Waals surface area contributed by atoms with Gasteiger partial charge in [0.2, 0.25) is 0 Å². The Hall–Kier alpha value is -2.53. The first kappa shape index (κ1) is 26.7. The van der Waals surface area contributed by atoms with Crippen molar-refractivity contribution in [1.29, 1.82) is 0 Å². The van der Waals surface area contributed by atoms with Gasteiger partial charge in [-0.1, -0.05) is 23.7 Å². The monoisotopic (exact) mass is 510 g/mol. The van der Waals surface area contributed by atoms with Crippen molar-refractivity contribution < 1.29 is 17.7 Å². The molecule has 11 heteroatoms. The van der Waals surface area contributed by atoms with Crippen LogP contribution in [-0.4, -0.2) is 53.4 Å². The summed E-state index contributed by atoms with van der Waals surface area (Å²) in [7, 11) is -1.67. The molecule has 33 heavy (non-hydrogen) atoms. The minimum Gasteiger partial charge on any atom is -0.430 e. The maximum absolute atomic E-state index is 9.19. The normalized spacial score (nSPS) is 11.2. The molecule has 0 aliphatic rings. The molecule has 0 unspecified atom stereocenters. The van der Waals surface area contributed by atoms with Crippen LogP contribution in [0.2, 0.25) is 5.02 Å². The number of aromatic nitrogens is 2. The maximum atomic E-state index is 9.19. The van der Waals surface area contributed by atoms with Gasteiger partial charge in [-0.2, -0.15) is 17.8 Å². The summed E-state index contributed by atoms with van der Waals surface area (Å²) in [6.45, 7) is 7.03. The molecule has 0 spiro atoms. The number of ether oxygens (including phenoxy) is 1. The van der Waals surface area contributed by atoms with Crippen LogP contribution in [0.4, 0.5) is 5.69 Å². The van der Waals surface area contributed by atoms with Gasteiger partial charge in [-0.3, -0.25) is 4.55 Å². The third-order valence-corrected chi connectivity index (χ3v) is 5.19. The van der Waals surface area contributed by atoms with Crippen LogP contribution in [0, 0.1) is 13.8 Å². The molecule has 0 bridgehead atoms. The van der Waals surface area contributed by atoms with Crippen LogP contribution in [-0.2, 0) is 16.5 Å². The SMILES string of the molecule is CCN(C)/C=N\c1cc(C)c(Oc2nc(Cc3ccc(Cl)cc3)ns2)cc1C.CS(=O)(=O)O. The molecule has 178 valence electrons.